The molecule has 0 amide bonds. The molecule has 0 bridgehead atoms. The first-order chi connectivity index (χ1) is 8.41. The molecule has 0 aromatic carbocycles. The van der Waals surface area contributed by atoms with E-state index in [1.807, 2.05) is 6.92 Å². The van der Waals surface area contributed by atoms with Gasteiger partial charge in [0, 0.05) is 5.75 Å². The van der Waals surface area contributed by atoms with Crippen LogP contribution in [0.4, 0.5) is 0 Å². The zero-order valence-electron chi connectivity index (χ0n) is 9.65. The van der Waals surface area contributed by atoms with Gasteiger partial charge in [0.15, 0.2) is 5.15 Å². The third-order valence-electron chi connectivity index (χ3n) is 1.63. The minimum atomic E-state index is -3.34. The van der Waals surface area contributed by atoms with Gasteiger partial charge in [-0.15, -0.1) is 0 Å². The van der Waals surface area contributed by atoms with Crippen molar-refractivity contribution < 1.29 is 13.6 Å². The SMILES string of the molecule is CCOP(=O)(Oc1nc(Cl)c(Cl)cc1Cl)SCC. The first-order valence-corrected chi connectivity index (χ1v) is 9.28. The van der Waals surface area contributed by atoms with E-state index in [0.29, 0.717) is 5.75 Å². The van der Waals surface area contributed by atoms with Gasteiger partial charge >= 0.3 is 6.80 Å². The Morgan fingerprint density at radius 2 is 2.00 bits per heavy atom. The number of aromatic nitrogens is 1. The fourth-order valence-electron chi connectivity index (χ4n) is 1.00. The monoisotopic (exact) mass is 349 g/mol. The number of halogens is 3. The van der Waals surface area contributed by atoms with Gasteiger partial charge in [0.05, 0.1) is 11.6 Å². The molecule has 102 valence electrons. The van der Waals surface area contributed by atoms with Crippen LogP contribution in [-0.4, -0.2) is 17.3 Å². The molecule has 0 aliphatic carbocycles. The fourth-order valence-corrected chi connectivity index (χ4v) is 4.61. The third-order valence-corrected chi connectivity index (χ3v) is 6.38. The van der Waals surface area contributed by atoms with Gasteiger partial charge in [-0.3, -0.25) is 4.52 Å². The van der Waals surface area contributed by atoms with Gasteiger partial charge in [0.2, 0.25) is 5.88 Å². The van der Waals surface area contributed by atoms with E-state index >= 15 is 0 Å². The molecule has 9 heteroatoms. The van der Waals surface area contributed by atoms with Crippen molar-refractivity contribution in [2.75, 3.05) is 12.4 Å². The predicted molar refractivity (Wildman–Crippen MR) is 77.3 cm³/mol. The lowest BCUT2D eigenvalue weighted by Gasteiger charge is -2.17. The van der Waals surface area contributed by atoms with Crippen molar-refractivity contribution in [3.05, 3.63) is 21.3 Å². The van der Waals surface area contributed by atoms with E-state index < -0.39 is 6.80 Å². The highest BCUT2D eigenvalue weighted by Crippen LogP contribution is 2.60. The summed E-state index contributed by atoms with van der Waals surface area (Å²) < 4.78 is 22.7. The fraction of sp³-hybridized carbons (Fsp3) is 0.444. The van der Waals surface area contributed by atoms with Crippen molar-refractivity contribution in [1.82, 2.24) is 4.98 Å². The van der Waals surface area contributed by atoms with Crippen molar-refractivity contribution in [2.24, 2.45) is 0 Å². The molecular formula is C9H11Cl3NO3PS. The highest BCUT2D eigenvalue weighted by Gasteiger charge is 2.28. The first-order valence-electron chi connectivity index (χ1n) is 5.02. The Morgan fingerprint density at radius 1 is 1.33 bits per heavy atom. The van der Waals surface area contributed by atoms with Gasteiger partial charge in [-0.2, -0.15) is 4.98 Å². The quantitative estimate of drug-likeness (QED) is 0.513. The number of pyridine rings is 1. The van der Waals surface area contributed by atoms with E-state index in [9.17, 15) is 4.57 Å². The summed E-state index contributed by atoms with van der Waals surface area (Å²) in [6.07, 6.45) is 0. The van der Waals surface area contributed by atoms with E-state index in [1.54, 1.807) is 6.92 Å². The second-order valence-electron chi connectivity index (χ2n) is 2.92. The van der Waals surface area contributed by atoms with Crippen molar-refractivity contribution in [2.45, 2.75) is 13.8 Å². The van der Waals surface area contributed by atoms with Gasteiger partial charge in [-0.05, 0) is 24.4 Å². The first kappa shape index (κ1) is 16.4. The van der Waals surface area contributed by atoms with Crippen LogP contribution in [0, 0.1) is 0 Å². The molecule has 0 saturated heterocycles. The molecular weight excluding hydrogens is 340 g/mol. The topological polar surface area (TPSA) is 48.4 Å². The average Bonchev–Trinajstić information content (AvgIpc) is 2.26. The second kappa shape index (κ2) is 7.22. The summed E-state index contributed by atoms with van der Waals surface area (Å²) in [5.74, 6) is 0.514. The Balaban J connectivity index is 3.01. The van der Waals surface area contributed by atoms with Gasteiger partial charge in [0.1, 0.15) is 5.02 Å². The van der Waals surface area contributed by atoms with Gasteiger partial charge in [0.25, 0.3) is 0 Å². The van der Waals surface area contributed by atoms with Crippen LogP contribution in [-0.2, 0) is 9.09 Å². The van der Waals surface area contributed by atoms with Crippen LogP contribution in [0.2, 0.25) is 15.2 Å². The van der Waals surface area contributed by atoms with Crippen LogP contribution in [0.5, 0.6) is 5.88 Å². The largest absolute Gasteiger partial charge is 0.441 e. The molecule has 1 atom stereocenters. The third kappa shape index (κ3) is 4.48. The van der Waals surface area contributed by atoms with Crippen molar-refractivity contribution in [3.8, 4) is 5.88 Å². The minimum absolute atomic E-state index is 0.0283. The summed E-state index contributed by atoms with van der Waals surface area (Å²) in [5.41, 5.74) is 0. The molecule has 0 fully saturated rings. The highest BCUT2D eigenvalue weighted by atomic mass is 35.5. The minimum Gasteiger partial charge on any atom is -0.397 e. The Labute approximate surface area is 125 Å². The summed E-state index contributed by atoms with van der Waals surface area (Å²) in [4.78, 5) is 3.84. The van der Waals surface area contributed by atoms with Crippen molar-refractivity contribution in [3.63, 3.8) is 0 Å². The van der Waals surface area contributed by atoms with Gasteiger partial charge in [-0.1, -0.05) is 41.7 Å². The Morgan fingerprint density at radius 3 is 2.56 bits per heavy atom. The summed E-state index contributed by atoms with van der Waals surface area (Å²) in [7, 11) is 0. The lowest BCUT2D eigenvalue weighted by Crippen LogP contribution is -1.98. The summed E-state index contributed by atoms with van der Waals surface area (Å²) in [6, 6.07) is 1.38. The maximum absolute atomic E-state index is 12.3. The summed E-state index contributed by atoms with van der Waals surface area (Å²) in [5, 5.41) is 0.352. The van der Waals surface area contributed by atoms with Crippen LogP contribution in [0.15, 0.2) is 6.07 Å². The molecule has 0 saturated carbocycles. The second-order valence-corrected chi connectivity index (χ2v) is 8.38. The van der Waals surface area contributed by atoms with E-state index in [1.165, 1.54) is 6.07 Å². The summed E-state index contributed by atoms with van der Waals surface area (Å²) >= 11 is 18.4. The molecule has 1 heterocycles. The van der Waals surface area contributed by atoms with Crippen LogP contribution in [0.3, 0.4) is 0 Å². The highest BCUT2D eigenvalue weighted by molar-refractivity contribution is 8.55. The van der Waals surface area contributed by atoms with Crippen molar-refractivity contribution in [1.29, 1.82) is 0 Å². The van der Waals surface area contributed by atoms with Crippen LogP contribution < -0.4 is 4.52 Å². The molecule has 0 aliphatic heterocycles. The Hall–Kier alpha value is 0.360. The number of nitrogens with zero attached hydrogens (tertiary/aromatic N) is 1. The molecule has 18 heavy (non-hydrogen) atoms. The van der Waals surface area contributed by atoms with Gasteiger partial charge in [-0.25, -0.2) is 4.57 Å². The zero-order chi connectivity index (χ0) is 13.8. The van der Waals surface area contributed by atoms with Crippen LogP contribution in [0.25, 0.3) is 0 Å². The smallest absolute Gasteiger partial charge is 0.397 e. The predicted octanol–water partition coefficient (Wildman–Crippen LogP) is 5.32. The number of rotatable bonds is 6. The molecule has 1 aromatic rings. The van der Waals surface area contributed by atoms with Gasteiger partial charge < -0.3 is 4.52 Å². The number of hydrogen-bond acceptors (Lipinski definition) is 5. The molecule has 4 nitrogen and oxygen atoms in total. The van der Waals surface area contributed by atoms with Crippen LogP contribution >= 0.6 is 53.0 Å². The molecule has 0 N–H and O–H groups in total. The molecule has 0 spiro atoms. The van der Waals surface area contributed by atoms with Crippen molar-refractivity contribution >= 4 is 53.0 Å². The molecule has 0 aliphatic rings. The maximum Gasteiger partial charge on any atom is 0.441 e. The Kier molecular flexibility index (Phi) is 6.59. The zero-order valence-corrected chi connectivity index (χ0v) is 13.6. The Bertz CT molecular complexity index is 465. The van der Waals surface area contributed by atoms with E-state index in [4.69, 9.17) is 43.9 Å². The van der Waals surface area contributed by atoms with E-state index in [2.05, 4.69) is 4.98 Å². The molecule has 1 rings (SSSR count). The maximum atomic E-state index is 12.3. The molecule has 1 aromatic heterocycles. The lowest BCUT2D eigenvalue weighted by atomic mass is 10.5. The van der Waals surface area contributed by atoms with E-state index in [0.717, 1.165) is 11.4 Å². The standard InChI is InChI=1S/C9H11Cl3NO3PS/c1-3-15-17(14,18-4-2)16-9-7(11)5-6(10)8(12)13-9/h5H,3-4H2,1-2H3. The molecule has 0 radical (unpaired) electrons. The van der Waals surface area contributed by atoms with Crippen LogP contribution in [0.1, 0.15) is 13.8 Å². The van der Waals surface area contributed by atoms with E-state index in [-0.39, 0.29) is 27.7 Å². The lowest BCUT2D eigenvalue weighted by molar-refractivity contribution is 0.293. The normalized spacial score (nSPS) is 14.3. The molecule has 1 unspecified atom stereocenters. The summed E-state index contributed by atoms with van der Waals surface area (Å²) in [6.45, 7) is 0.473. The number of hydrogen-bond donors (Lipinski definition) is 0. The average molecular weight is 351 g/mol.